The lowest BCUT2D eigenvalue weighted by Gasteiger charge is -2.21. The van der Waals surface area contributed by atoms with Crippen molar-refractivity contribution in [2.75, 3.05) is 18.5 Å². The lowest BCUT2D eigenvalue weighted by molar-refractivity contribution is 0.626. The quantitative estimate of drug-likeness (QED) is 0.780. The molecule has 0 N–H and O–H groups in total. The Morgan fingerprint density at radius 3 is 2.69 bits per heavy atom. The summed E-state index contributed by atoms with van der Waals surface area (Å²) < 4.78 is 12.9. The van der Waals surface area contributed by atoms with Crippen LogP contribution in [0.1, 0.15) is 12.5 Å². The summed E-state index contributed by atoms with van der Waals surface area (Å²) in [4.78, 5) is 1.78. The first kappa shape index (κ1) is 12.0. The van der Waals surface area contributed by atoms with Crippen molar-refractivity contribution in [1.29, 1.82) is 10.5 Å². The zero-order valence-electron chi connectivity index (χ0n) is 9.24. The Hall–Kier alpha value is -2.07. The first-order valence-corrected chi connectivity index (χ1v) is 4.89. The summed E-state index contributed by atoms with van der Waals surface area (Å²) in [7, 11) is 1.78. The fourth-order valence-electron chi connectivity index (χ4n) is 1.48. The van der Waals surface area contributed by atoms with E-state index >= 15 is 0 Å². The van der Waals surface area contributed by atoms with Crippen molar-refractivity contribution >= 4 is 5.69 Å². The van der Waals surface area contributed by atoms with E-state index in [0.29, 0.717) is 12.2 Å². The van der Waals surface area contributed by atoms with Gasteiger partial charge in [-0.15, -0.1) is 0 Å². The Morgan fingerprint density at radius 1 is 1.44 bits per heavy atom. The summed E-state index contributed by atoms with van der Waals surface area (Å²) in [5, 5.41) is 17.6. The maximum atomic E-state index is 12.9. The Balaban J connectivity index is 2.96. The number of hydrogen-bond donors (Lipinski definition) is 0. The van der Waals surface area contributed by atoms with Gasteiger partial charge in [-0.1, -0.05) is 0 Å². The molecule has 0 amide bonds. The van der Waals surface area contributed by atoms with Crippen molar-refractivity contribution in [2.24, 2.45) is 5.92 Å². The third-order valence-corrected chi connectivity index (χ3v) is 2.26. The number of halogens is 1. The Morgan fingerprint density at radius 2 is 2.12 bits per heavy atom. The van der Waals surface area contributed by atoms with Crippen molar-refractivity contribution in [3.05, 3.63) is 29.6 Å². The maximum absolute atomic E-state index is 12.9. The van der Waals surface area contributed by atoms with E-state index in [1.165, 1.54) is 12.1 Å². The van der Waals surface area contributed by atoms with Crippen molar-refractivity contribution in [1.82, 2.24) is 0 Å². The van der Waals surface area contributed by atoms with Crippen LogP contribution in [0.2, 0.25) is 0 Å². The van der Waals surface area contributed by atoms with E-state index in [9.17, 15) is 4.39 Å². The maximum Gasteiger partial charge on any atom is 0.124 e. The first-order valence-electron chi connectivity index (χ1n) is 4.89. The molecular formula is C12H12FN3. The fraction of sp³-hybridized carbons (Fsp3) is 0.333. The second-order valence-electron chi connectivity index (χ2n) is 3.68. The molecule has 1 aromatic rings. The minimum absolute atomic E-state index is 0.137. The van der Waals surface area contributed by atoms with Crippen LogP contribution in [-0.2, 0) is 0 Å². The summed E-state index contributed by atoms with van der Waals surface area (Å²) >= 11 is 0. The normalized spacial score (nSPS) is 11.3. The minimum atomic E-state index is -0.429. The first-order chi connectivity index (χ1) is 7.58. The highest BCUT2D eigenvalue weighted by atomic mass is 19.1. The second-order valence-corrected chi connectivity index (χ2v) is 3.68. The van der Waals surface area contributed by atoms with Crippen LogP contribution in [0, 0.1) is 34.4 Å². The van der Waals surface area contributed by atoms with Gasteiger partial charge in [0, 0.05) is 13.6 Å². The number of nitrogens with zero attached hydrogens (tertiary/aromatic N) is 3. The number of nitriles is 2. The van der Waals surface area contributed by atoms with Gasteiger partial charge in [0.15, 0.2) is 0 Å². The van der Waals surface area contributed by atoms with Crippen LogP contribution >= 0.6 is 0 Å². The average molecular weight is 217 g/mol. The molecule has 0 saturated carbocycles. The van der Waals surface area contributed by atoms with Gasteiger partial charge in [0.25, 0.3) is 0 Å². The van der Waals surface area contributed by atoms with Crippen molar-refractivity contribution in [3.63, 3.8) is 0 Å². The van der Waals surface area contributed by atoms with E-state index < -0.39 is 5.82 Å². The molecule has 0 fully saturated rings. The third kappa shape index (κ3) is 2.71. The highest BCUT2D eigenvalue weighted by Gasteiger charge is 2.11. The summed E-state index contributed by atoms with van der Waals surface area (Å²) in [5.41, 5.74) is 0.929. The highest BCUT2D eigenvalue weighted by molar-refractivity contribution is 5.59. The fourth-order valence-corrected chi connectivity index (χ4v) is 1.48. The van der Waals surface area contributed by atoms with Crippen LogP contribution in [0.25, 0.3) is 0 Å². The van der Waals surface area contributed by atoms with Gasteiger partial charge < -0.3 is 4.90 Å². The molecule has 0 aromatic heterocycles. The predicted octanol–water partition coefficient (Wildman–Crippen LogP) is 2.29. The van der Waals surface area contributed by atoms with Crippen molar-refractivity contribution in [3.8, 4) is 12.1 Å². The number of hydrogen-bond acceptors (Lipinski definition) is 3. The molecule has 0 bridgehead atoms. The Labute approximate surface area is 94.3 Å². The molecule has 1 rings (SSSR count). The zero-order valence-corrected chi connectivity index (χ0v) is 9.24. The van der Waals surface area contributed by atoms with Gasteiger partial charge in [-0.2, -0.15) is 10.5 Å². The molecule has 0 aliphatic carbocycles. The van der Waals surface area contributed by atoms with Crippen molar-refractivity contribution in [2.45, 2.75) is 6.92 Å². The molecule has 1 unspecified atom stereocenters. The van der Waals surface area contributed by atoms with Gasteiger partial charge in [-0.05, 0) is 25.1 Å². The zero-order chi connectivity index (χ0) is 12.1. The van der Waals surface area contributed by atoms with Gasteiger partial charge in [0.05, 0.1) is 23.2 Å². The highest BCUT2D eigenvalue weighted by Crippen LogP contribution is 2.20. The Bertz CT molecular complexity index is 456. The van der Waals surface area contributed by atoms with E-state index in [2.05, 4.69) is 6.07 Å². The van der Waals surface area contributed by atoms with Crippen LogP contribution in [-0.4, -0.2) is 13.6 Å². The van der Waals surface area contributed by atoms with E-state index in [0.717, 1.165) is 0 Å². The van der Waals surface area contributed by atoms with Crippen LogP contribution in [0.3, 0.4) is 0 Å². The SMILES string of the molecule is CC(C#N)CN(C)c1ccc(F)cc1C#N. The lowest BCUT2D eigenvalue weighted by Crippen LogP contribution is -2.24. The molecule has 0 spiro atoms. The van der Waals surface area contributed by atoms with Crippen molar-refractivity contribution < 1.29 is 4.39 Å². The topological polar surface area (TPSA) is 50.8 Å². The average Bonchev–Trinajstić information content (AvgIpc) is 2.28. The molecule has 82 valence electrons. The molecule has 0 aliphatic rings. The van der Waals surface area contributed by atoms with E-state index in [1.807, 2.05) is 6.07 Å². The summed E-state index contributed by atoms with van der Waals surface area (Å²) in [5.74, 6) is -0.566. The number of rotatable bonds is 3. The standard InChI is InChI=1S/C12H12FN3/c1-9(6-14)8-16(2)12-4-3-11(13)5-10(12)7-15/h3-5,9H,8H2,1-2H3. The minimum Gasteiger partial charge on any atom is -0.372 e. The van der Waals surface area contributed by atoms with Crippen LogP contribution < -0.4 is 4.90 Å². The van der Waals surface area contributed by atoms with Gasteiger partial charge >= 0.3 is 0 Å². The van der Waals surface area contributed by atoms with Gasteiger partial charge in [-0.25, -0.2) is 4.39 Å². The van der Waals surface area contributed by atoms with Crippen LogP contribution in [0.4, 0.5) is 10.1 Å². The summed E-state index contributed by atoms with van der Waals surface area (Å²) in [6, 6.07) is 8.12. The molecule has 0 aliphatic heterocycles. The monoisotopic (exact) mass is 217 g/mol. The third-order valence-electron chi connectivity index (χ3n) is 2.26. The molecule has 16 heavy (non-hydrogen) atoms. The molecule has 0 heterocycles. The van der Waals surface area contributed by atoms with E-state index in [1.54, 1.807) is 24.9 Å². The molecule has 4 heteroatoms. The van der Waals surface area contributed by atoms with Gasteiger partial charge in [0.1, 0.15) is 11.9 Å². The summed E-state index contributed by atoms with van der Waals surface area (Å²) in [6.45, 7) is 2.31. The van der Waals surface area contributed by atoms with Crippen LogP contribution in [0.15, 0.2) is 18.2 Å². The van der Waals surface area contributed by atoms with E-state index in [-0.39, 0.29) is 11.5 Å². The van der Waals surface area contributed by atoms with Gasteiger partial charge in [-0.3, -0.25) is 0 Å². The lowest BCUT2D eigenvalue weighted by atomic mass is 10.1. The van der Waals surface area contributed by atoms with E-state index in [4.69, 9.17) is 10.5 Å². The summed E-state index contributed by atoms with van der Waals surface area (Å²) in [6.07, 6.45) is 0. The smallest absolute Gasteiger partial charge is 0.124 e. The second kappa shape index (κ2) is 5.14. The predicted molar refractivity (Wildman–Crippen MR) is 59.2 cm³/mol. The molecule has 3 nitrogen and oxygen atoms in total. The molecular weight excluding hydrogens is 205 g/mol. The van der Waals surface area contributed by atoms with Gasteiger partial charge in [0.2, 0.25) is 0 Å². The molecule has 0 radical (unpaired) electrons. The number of anilines is 1. The van der Waals surface area contributed by atoms with Crippen LogP contribution in [0.5, 0.6) is 0 Å². The Kier molecular flexibility index (Phi) is 3.85. The largest absolute Gasteiger partial charge is 0.372 e. The molecule has 1 atom stereocenters. The molecule has 1 aromatic carbocycles. The molecule has 0 saturated heterocycles. The number of benzene rings is 1.